The molecule has 0 radical (unpaired) electrons. The van der Waals surface area contributed by atoms with E-state index in [2.05, 4.69) is 11.9 Å². The van der Waals surface area contributed by atoms with Crippen LogP contribution in [-0.4, -0.2) is 11.7 Å². The van der Waals surface area contributed by atoms with E-state index >= 15 is 0 Å². The monoisotopic (exact) mass is 248 g/mol. The van der Waals surface area contributed by atoms with Crippen molar-refractivity contribution in [2.75, 3.05) is 5.32 Å². The highest BCUT2D eigenvalue weighted by molar-refractivity contribution is 5.99. The predicted octanol–water partition coefficient (Wildman–Crippen LogP) is 2.72. The molecule has 1 aromatic carbocycles. The Morgan fingerprint density at radius 3 is 2.33 bits per heavy atom. The molecule has 4 nitrogen and oxygen atoms in total. The quantitative estimate of drug-likeness (QED) is 0.787. The highest BCUT2D eigenvalue weighted by Crippen LogP contribution is 2.17. The minimum atomic E-state index is -0.460. The van der Waals surface area contributed by atoms with E-state index in [9.17, 15) is 9.59 Å². The van der Waals surface area contributed by atoms with Crippen LogP contribution in [0, 0.1) is 0 Å². The molecule has 0 aliphatic rings. The highest BCUT2D eigenvalue weighted by atomic mass is 16.1. The standard InChI is InChI=1S/C12H14N2O2.C2H6/c1-8(7-12(13)16)14-11-6-4-3-5-10(11)9(2)15;1-2/h3-6,14H,1,7H2,2H3,(H2,13,16);1-2H3. The molecule has 0 bridgehead atoms. The van der Waals surface area contributed by atoms with Crippen LogP contribution < -0.4 is 11.1 Å². The molecule has 0 heterocycles. The molecule has 0 aromatic heterocycles. The maximum Gasteiger partial charge on any atom is 0.223 e. The first-order valence-corrected chi connectivity index (χ1v) is 5.83. The van der Waals surface area contributed by atoms with Crippen molar-refractivity contribution in [2.45, 2.75) is 27.2 Å². The molecule has 3 N–H and O–H groups in total. The third kappa shape index (κ3) is 5.30. The van der Waals surface area contributed by atoms with E-state index in [-0.39, 0.29) is 12.2 Å². The molecule has 0 spiro atoms. The smallest absolute Gasteiger partial charge is 0.223 e. The Morgan fingerprint density at radius 2 is 1.83 bits per heavy atom. The summed E-state index contributed by atoms with van der Waals surface area (Å²) in [5, 5.41) is 2.91. The zero-order valence-corrected chi connectivity index (χ0v) is 11.1. The number of amides is 1. The lowest BCUT2D eigenvalue weighted by molar-refractivity contribution is -0.117. The van der Waals surface area contributed by atoms with E-state index in [4.69, 9.17) is 5.73 Å². The number of para-hydroxylation sites is 1. The predicted molar refractivity (Wildman–Crippen MR) is 74.4 cm³/mol. The fourth-order valence-electron chi connectivity index (χ4n) is 1.34. The second-order valence-electron chi connectivity index (χ2n) is 3.47. The van der Waals surface area contributed by atoms with E-state index in [1.54, 1.807) is 24.3 Å². The number of primary amides is 1. The fourth-order valence-corrected chi connectivity index (χ4v) is 1.34. The summed E-state index contributed by atoms with van der Waals surface area (Å²) < 4.78 is 0. The summed E-state index contributed by atoms with van der Waals surface area (Å²) in [4.78, 5) is 22.0. The van der Waals surface area contributed by atoms with Gasteiger partial charge in [-0.1, -0.05) is 32.6 Å². The summed E-state index contributed by atoms with van der Waals surface area (Å²) in [5.41, 5.74) is 6.71. The Balaban J connectivity index is 0.00000137. The Hall–Kier alpha value is -2.10. The van der Waals surface area contributed by atoms with Crippen LogP contribution in [0.3, 0.4) is 0 Å². The van der Waals surface area contributed by atoms with E-state index < -0.39 is 5.91 Å². The Kier molecular flexibility index (Phi) is 7.12. The first-order valence-electron chi connectivity index (χ1n) is 5.83. The van der Waals surface area contributed by atoms with Gasteiger partial charge in [-0.25, -0.2) is 0 Å². The van der Waals surface area contributed by atoms with Crippen LogP contribution in [0.1, 0.15) is 37.6 Å². The molecule has 0 unspecified atom stereocenters. The van der Waals surface area contributed by atoms with Crippen LogP contribution >= 0.6 is 0 Å². The number of carbonyl (C=O) groups is 2. The van der Waals surface area contributed by atoms with Crippen LogP contribution in [0.5, 0.6) is 0 Å². The van der Waals surface area contributed by atoms with Crippen LogP contribution in [0.15, 0.2) is 36.5 Å². The summed E-state index contributed by atoms with van der Waals surface area (Å²) >= 11 is 0. The fraction of sp³-hybridized carbons (Fsp3) is 0.286. The number of benzene rings is 1. The SMILES string of the molecule is C=C(CC(N)=O)Nc1ccccc1C(C)=O.CC. The summed E-state index contributed by atoms with van der Waals surface area (Å²) in [5.74, 6) is -0.507. The van der Waals surface area contributed by atoms with Crippen molar-refractivity contribution in [2.24, 2.45) is 5.73 Å². The Bertz CT molecular complexity index is 439. The Labute approximate surface area is 108 Å². The topological polar surface area (TPSA) is 72.2 Å². The third-order valence-corrected chi connectivity index (χ3v) is 2.01. The van der Waals surface area contributed by atoms with Crippen LogP contribution in [0.2, 0.25) is 0 Å². The zero-order valence-electron chi connectivity index (χ0n) is 11.1. The van der Waals surface area contributed by atoms with Gasteiger partial charge in [0.2, 0.25) is 5.91 Å². The molecule has 18 heavy (non-hydrogen) atoms. The molecule has 1 aromatic rings. The normalized spacial score (nSPS) is 8.83. The second kappa shape index (κ2) is 8.06. The van der Waals surface area contributed by atoms with Crippen molar-refractivity contribution in [1.82, 2.24) is 0 Å². The van der Waals surface area contributed by atoms with Crippen LogP contribution in [0.4, 0.5) is 5.69 Å². The summed E-state index contributed by atoms with van der Waals surface area (Å²) in [6.07, 6.45) is 0.0479. The van der Waals surface area contributed by atoms with Gasteiger partial charge in [0.1, 0.15) is 0 Å². The molecule has 98 valence electrons. The lowest BCUT2D eigenvalue weighted by Gasteiger charge is -2.11. The number of carbonyl (C=O) groups excluding carboxylic acids is 2. The van der Waals surface area contributed by atoms with Gasteiger partial charge < -0.3 is 11.1 Å². The lowest BCUT2D eigenvalue weighted by atomic mass is 10.1. The van der Waals surface area contributed by atoms with Gasteiger partial charge in [0, 0.05) is 16.9 Å². The van der Waals surface area contributed by atoms with E-state index in [0.717, 1.165) is 0 Å². The lowest BCUT2D eigenvalue weighted by Crippen LogP contribution is -2.14. The van der Waals surface area contributed by atoms with Crippen molar-refractivity contribution in [3.8, 4) is 0 Å². The third-order valence-electron chi connectivity index (χ3n) is 2.01. The number of ketones is 1. The minimum Gasteiger partial charge on any atom is -0.369 e. The number of nitrogens with one attached hydrogen (secondary N) is 1. The molecular formula is C14H20N2O2. The van der Waals surface area contributed by atoms with Gasteiger partial charge in [-0.15, -0.1) is 0 Å². The highest BCUT2D eigenvalue weighted by Gasteiger charge is 2.07. The molecule has 0 saturated carbocycles. The largest absolute Gasteiger partial charge is 0.369 e. The number of hydrogen-bond donors (Lipinski definition) is 2. The van der Waals surface area contributed by atoms with Gasteiger partial charge >= 0.3 is 0 Å². The van der Waals surface area contributed by atoms with Gasteiger partial charge in [0.15, 0.2) is 5.78 Å². The van der Waals surface area contributed by atoms with E-state index in [1.165, 1.54) is 6.92 Å². The van der Waals surface area contributed by atoms with Gasteiger partial charge in [-0.3, -0.25) is 9.59 Å². The molecule has 1 rings (SSSR count). The van der Waals surface area contributed by atoms with Crippen molar-refractivity contribution in [1.29, 1.82) is 0 Å². The summed E-state index contributed by atoms with van der Waals surface area (Å²) in [6.45, 7) is 9.15. The second-order valence-corrected chi connectivity index (χ2v) is 3.47. The van der Waals surface area contributed by atoms with Crippen LogP contribution in [0.25, 0.3) is 0 Å². The van der Waals surface area contributed by atoms with E-state index in [0.29, 0.717) is 16.9 Å². The number of rotatable bonds is 5. The molecule has 0 aliphatic carbocycles. The molecule has 0 aliphatic heterocycles. The van der Waals surface area contributed by atoms with Gasteiger partial charge in [0.05, 0.1) is 6.42 Å². The number of Topliss-reactive ketones (excluding diaryl/α,β-unsaturated/α-hetero) is 1. The average Bonchev–Trinajstić information content (AvgIpc) is 2.30. The number of nitrogens with two attached hydrogens (primary N) is 1. The van der Waals surface area contributed by atoms with Gasteiger partial charge in [0.25, 0.3) is 0 Å². The molecule has 0 atom stereocenters. The molecule has 0 saturated heterocycles. The summed E-state index contributed by atoms with van der Waals surface area (Å²) in [6, 6.07) is 7.04. The van der Waals surface area contributed by atoms with Crippen molar-refractivity contribution in [3.05, 3.63) is 42.1 Å². The van der Waals surface area contributed by atoms with E-state index in [1.807, 2.05) is 13.8 Å². The van der Waals surface area contributed by atoms with Crippen molar-refractivity contribution < 1.29 is 9.59 Å². The first-order chi connectivity index (χ1) is 8.50. The zero-order chi connectivity index (χ0) is 14.1. The van der Waals surface area contributed by atoms with Crippen LogP contribution in [-0.2, 0) is 4.79 Å². The molecule has 1 amide bonds. The maximum absolute atomic E-state index is 11.3. The summed E-state index contributed by atoms with van der Waals surface area (Å²) in [7, 11) is 0. The van der Waals surface area contributed by atoms with Crippen molar-refractivity contribution >= 4 is 17.4 Å². The number of hydrogen-bond acceptors (Lipinski definition) is 3. The molecule has 4 heteroatoms. The first kappa shape index (κ1) is 15.9. The van der Waals surface area contributed by atoms with Crippen molar-refractivity contribution in [3.63, 3.8) is 0 Å². The molecular weight excluding hydrogens is 228 g/mol. The van der Waals surface area contributed by atoms with Gasteiger partial charge in [-0.05, 0) is 19.1 Å². The Morgan fingerprint density at radius 1 is 1.28 bits per heavy atom. The number of anilines is 1. The average molecular weight is 248 g/mol. The van der Waals surface area contributed by atoms with Gasteiger partial charge in [-0.2, -0.15) is 0 Å². The molecule has 0 fully saturated rings. The minimum absolute atomic E-state index is 0.0463. The maximum atomic E-state index is 11.3.